The quantitative estimate of drug-likeness (QED) is 0.221. The molecule has 2 aliphatic rings. The van der Waals surface area contributed by atoms with Crippen molar-refractivity contribution in [1.82, 2.24) is 0 Å². The largest absolute Gasteiger partial charge is 0.0779 e. The predicted octanol–water partition coefficient (Wildman–Crippen LogP) is 10.2. The molecule has 4 aromatic carbocycles. The van der Waals surface area contributed by atoms with Crippen LogP contribution in [0.1, 0.15) is 57.2 Å². The van der Waals surface area contributed by atoms with Gasteiger partial charge in [0.15, 0.2) is 0 Å². The molecule has 4 aromatic rings. The van der Waals surface area contributed by atoms with Crippen molar-refractivity contribution in [2.75, 3.05) is 0 Å². The van der Waals surface area contributed by atoms with E-state index in [1.165, 1.54) is 51.1 Å². The van der Waals surface area contributed by atoms with Crippen molar-refractivity contribution in [3.63, 3.8) is 0 Å². The van der Waals surface area contributed by atoms with E-state index >= 15 is 0 Å². The Morgan fingerprint density at radius 1 is 0.735 bits per heavy atom. The molecule has 0 saturated heterocycles. The lowest BCUT2D eigenvalue weighted by Crippen LogP contribution is -2.27. The van der Waals surface area contributed by atoms with Gasteiger partial charge in [0.1, 0.15) is 0 Å². The molecule has 0 heterocycles. The van der Waals surface area contributed by atoms with Crippen LogP contribution in [0, 0.1) is 12.3 Å². The number of hydrogen-bond donors (Lipinski definition) is 0. The maximum Gasteiger partial charge on any atom is 0.0181 e. The summed E-state index contributed by atoms with van der Waals surface area (Å²) in [6, 6.07) is 26.1. The van der Waals surface area contributed by atoms with E-state index in [0.29, 0.717) is 5.41 Å². The van der Waals surface area contributed by atoms with Crippen molar-refractivity contribution in [3.05, 3.63) is 112 Å². The molecule has 34 heavy (non-hydrogen) atoms. The second kappa shape index (κ2) is 8.54. The van der Waals surface area contributed by atoms with Gasteiger partial charge in [0, 0.05) is 4.47 Å². The number of rotatable bonds is 0. The molecule has 0 unspecified atom stereocenters. The molecule has 0 N–H and O–H groups in total. The van der Waals surface area contributed by atoms with Crippen LogP contribution in [0.15, 0.2) is 95.0 Å². The Morgan fingerprint density at radius 2 is 1.44 bits per heavy atom. The second-order valence-electron chi connectivity index (χ2n) is 11.3. The summed E-state index contributed by atoms with van der Waals surface area (Å²) in [5.41, 5.74) is 7.97. The van der Waals surface area contributed by atoms with Crippen LogP contribution in [0.2, 0.25) is 0 Å². The summed E-state index contributed by atoms with van der Waals surface area (Å²) in [5.74, 6) is 0. The van der Waals surface area contributed by atoms with Crippen LogP contribution in [-0.2, 0) is 5.41 Å². The summed E-state index contributed by atoms with van der Waals surface area (Å²) in [4.78, 5) is 0. The van der Waals surface area contributed by atoms with Crippen molar-refractivity contribution in [2.24, 2.45) is 5.41 Å². The number of hydrogen-bond acceptors (Lipinski definition) is 0. The third-order valence-electron chi connectivity index (χ3n) is 7.26. The van der Waals surface area contributed by atoms with Gasteiger partial charge >= 0.3 is 0 Å². The lowest BCUT2D eigenvalue weighted by atomic mass is 9.64. The Kier molecular flexibility index (Phi) is 5.81. The van der Waals surface area contributed by atoms with Crippen LogP contribution in [0.3, 0.4) is 0 Å². The minimum atomic E-state index is 0.197. The fourth-order valence-corrected chi connectivity index (χ4v) is 6.12. The van der Waals surface area contributed by atoms with Crippen molar-refractivity contribution < 1.29 is 0 Å². The van der Waals surface area contributed by atoms with E-state index in [4.69, 9.17) is 0 Å². The maximum absolute atomic E-state index is 3.43. The van der Waals surface area contributed by atoms with Crippen LogP contribution >= 0.6 is 15.9 Å². The Morgan fingerprint density at radius 3 is 2.24 bits per heavy atom. The molecule has 0 aromatic heterocycles. The number of halogens is 1. The highest BCUT2D eigenvalue weighted by Gasteiger charge is 2.36. The molecular formula is C33H33Br. The standard InChI is InChI=1S/C23H26.C10H7Br/c1-15-6-7-16-8-9-19-18-10-11-22(2,3)13-17(18)14-23(4,5)21(19)20(16)12-15;11-10-6-5-8-3-1-2-4-9(8)7-10/h6-12H,13-14H2,1-5H3;1-7H. The third kappa shape index (κ3) is 4.39. The molecule has 0 aliphatic heterocycles. The fourth-order valence-electron chi connectivity index (χ4n) is 5.74. The average Bonchev–Trinajstić information content (AvgIpc) is 2.77. The van der Waals surface area contributed by atoms with Gasteiger partial charge in [0.25, 0.3) is 0 Å². The molecule has 0 bridgehead atoms. The van der Waals surface area contributed by atoms with E-state index in [-0.39, 0.29) is 5.41 Å². The van der Waals surface area contributed by atoms with E-state index in [0.717, 1.165) is 4.47 Å². The van der Waals surface area contributed by atoms with Gasteiger partial charge in [-0.1, -0.05) is 128 Å². The van der Waals surface area contributed by atoms with Gasteiger partial charge in [-0.2, -0.15) is 0 Å². The van der Waals surface area contributed by atoms with Crippen molar-refractivity contribution in [3.8, 4) is 0 Å². The van der Waals surface area contributed by atoms with Gasteiger partial charge in [-0.25, -0.2) is 0 Å². The Balaban J connectivity index is 0.000000183. The topological polar surface area (TPSA) is 0 Å². The number of benzene rings is 4. The van der Waals surface area contributed by atoms with Gasteiger partial charge in [-0.3, -0.25) is 0 Å². The van der Waals surface area contributed by atoms with Crippen molar-refractivity contribution >= 4 is 43.0 Å². The average molecular weight is 510 g/mol. The summed E-state index contributed by atoms with van der Waals surface area (Å²) in [6.07, 6.45) is 7.15. The minimum absolute atomic E-state index is 0.197. The normalized spacial score (nSPS) is 17.7. The van der Waals surface area contributed by atoms with E-state index in [9.17, 15) is 0 Å². The zero-order valence-electron chi connectivity index (χ0n) is 20.9. The highest BCUT2D eigenvalue weighted by atomic mass is 79.9. The lowest BCUT2D eigenvalue weighted by Gasteiger charge is -2.40. The first-order valence-corrected chi connectivity index (χ1v) is 13.0. The highest BCUT2D eigenvalue weighted by molar-refractivity contribution is 9.10. The smallest absolute Gasteiger partial charge is 0.0181 e. The van der Waals surface area contributed by atoms with Crippen LogP contribution in [0.5, 0.6) is 0 Å². The molecule has 0 radical (unpaired) electrons. The van der Waals surface area contributed by atoms with Crippen LogP contribution in [0.4, 0.5) is 0 Å². The van der Waals surface area contributed by atoms with Gasteiger partial charge in [-0.15, -0.1) is 0 Å². The second-order valence-corrected chi connectivity index (χ2v) is 12.2. The monoisotopic (exact) mass is 508 g/mol. The van der Waals surface area contributed by atoms with Gasteiger partial charge in [0.2, 0.25) is 0 Å². The zero-order chi connectivity index (χ0) is 24.1. The van der Waals surface area contributed by atoms with Gasteiger partial charge < -0.3 is 0 Å². The Labute approximate surface area is 212 Å². The van der Waals surface area contributed by atoms with Crippen LogP contribution in [-0.4, -0.2) is 0 Å². The maximum atomic E-state index is 3.43. The van der Waals surface area contributed by atoms with Gasteiger partial charge in [0.05, 0.1) is 0 Å². The summed E-state index contributed by atoms with van der Waals surface area (Å²) < 4.78 is 1.14. The highest BCUT2D eigenvalue weighted by Crippen LogP contribution is 2.50. The minimum Gasteiger partial charge on any atom is -0.0779 e. The molecule has 0 amide bonds. The van der Waals surface area contributed by atoms with Crippen molar-refractivity contribution in [1.29, 1.82) is 0 Å². The molecule has 0 saturated carbocycles. The number of fused-ring (bicyclic) bond motifs is 5. The molecule has 0 nitrogen and oxygen atoms in total. The molecule has 172 valence electrons. The first-order valence-electron chi connectivity index (χ1n) is 12.2. The van der Waals surface area contributed by atoms with Crippen LogP contribution < -0.4 is 0 Å². The Bertz CT molecular complexity index is 1460. The number of allylic oxidation sites excluding steroid dienone is 4. The third-order valence-corrected chi connectivity index (χ3v) is 7.76. The summed E-state index contributed by atoms with van der Waals surface area (Å²) >= 11 is 3.43. The summed E-state index contributed by atoms with van der Waals surface area (Å²) in [5, 5.41) is 5.38. The van der Waals surface area contributed by atoms with E-state index < -0.39 is 0 Å². The molecule has 0 atom stereocenters. The predicted molar refractivity (Wildman–Crippen MR) is 152 cm³/mol. The summed E-state index contributed by atoms with van der Waals surface area (Å²) in [6.45, 7) is 11.7. The van der Waals surface area contributed by atoms with E-state index in [2.05, 4.69) is 135 Å². The lowest BCUT2D eigenvalue weighted by molar-refractivity contribution is 0.429. The van der Waals surface area contributed by atoms with E-state index in [1.54, 1.807) is 11.1 Å². The molecule has 1 heteroatoms. The first-order chi connectivity index (χ1) is 16.1. The summed E-state index contributed by atoms with van der Waals surface area (Å²) in [7, 11) is 0. The Hall–Kier alpha value is -2.64. The molecule has 0 fully saturated rings. The molecule has 2 aliphatic carbocycles. The fraction of sp³-hybridized carbons (Fsp3) is 0.273. The van der Waals surface area contributed by atoms with Gasteiger partial charge in [-0.05, 0) is 81.0 Å². The molecule has 0 spiro atoms. The van der Waals surface area contributed by atoms with E-state index in [1.807, 2.05) is 0 Å². The number of aryl methyl sites for hydroxylation is 1. The SMILES string of the molecule is Brc1ccc2ccccc2c1.Cc1ccc2ccc3c(c2c1)C(C)(C)CC1=C3C=CC(C)(C)C1. The first kappa shape index (κ1) is 23.1. The van der Waals surface area contributed by atoms with Crippen molar-refractivity contribution in [2.45, 2.75) is 52.9 Å². The molecule has 6 rings (SSSR count). The zero-order valence-corrected chi connectivity index (χ0v) is 22.5. The molecular weight excluding hydrogens is 476 g/mol. The van der Waals surface area contributed by atoms with Crippen LogP contribution in [0.25, 0.3) is 27.1 Å².